The monoisotopic (exact) mass is 361 g/mol. The number of carbonyl (C=O) groups excluding carboxylic acids is 2. The molecule has 0 aliphatic carbocycles. The summed E-state index contributed by atoms with van der Waals surface area (Å²) in [7, 11) is 0. The molecule has 0 heterocycles. The van der Waals surface area contributed by atoms with Crippen LogP contribution in [0.15, 0.2) is 84.9 Å². The van der Waals surface area contributed by atoms with E-state index in [1.807, 2.05) is 0 Å². The fourth-order valence-corrected chi connectivity index (χ4v) is 2.55. The molecule has 0 bridgehead atoms. The number of nitro groups is 1. The molecule has 0 unspecified atom stereocenters. The fraction of sp³-hybridized carbons (Fsp3) is 0.0476. The SMILES string of the molecule is O=C(O[C@H](C(=O)c1ccccc1)c1ccc([N+](=O)[O-])cc1)c1ccccc1. The summed E-state index contributed by atoms with van der Waals surface area (Å²) in [5.41, 5.74) is 0.935. The Hall–Kier alpha value is -3.80. The fourth-order valence-electron chi connectivity index (χ4n) is 2.55. The van der Waals surface area contributed by atoms with Crippen LogP contribution in [0, 0.1) is 10.1 Å². The number of nitro benzene ring substituents is 1. The van der Waals surface area contributed by atoms with E-state index in [1.165, 1.54) is 24.3 Å². The number of ketones is 1. The zero-order valence-electron chi connectivity index (χ0n) is 14.1. The summed E-state index contributed by atoms with van der Waals surface area (Å²) < 4.78 is 5.48. The summed E-state index contributed by atoms with van der Waals surface area (Å²) in [6.07, 6.45) is -1.21. The lowest BCUT2D eigenvalue weighted by Gasteiger charge is -2.17. The van der Waals surface area contributed by atoms with Crippen LogP contribution < -0.4 is 0 Å². The molecule has 1 atom stereocenters. The number of Topliss-reactive ketones (excluding diaryl/α,β-unsaturated/α-hetero) is 1. The molecular formula is C21H15NO5. The number of rotatable bonds is 6. The van der Waals surface area contributed by atoms with E-state index in [9.17, 15) is 19.7 Å². The van der Waals surface area contributed by atoms with Gasteiger partial charge in [-0.3, -0.25) is 14.9 Å². The van der Waals surface area contributed by atoms with Gasteiger partial charge in [0, 0.05) is 23.3 Å². The number of ether oxygens (including phenoxy) is 1. The van der Waals surface area contributed by atoms with Gasteiger partial charge in [0.15, 0.2) is 6.10 Å². The van der Waals surface area contributed by atoms with E-state index in [0.717, 1.165) is 0 Å². The van der Waals surface area contributed by atoms with Crippen LogP contribution in [0.5, 0.6) is 0 Å². The molecule has 0 fully saturated rings. The van der Waals surface area contributed by atoms with Crippen LogP contribution in [0.2, 0.25) is 0 Å². The predicted octanol–water partition coefficient (Wildman–Crippen LogP) is 4.38. The molecule has 27 heavy (non-hydrogen) atoms. The highest BCUT2D eigenvalue weighted by Gasteiger charge is 2.27. The summed E-state index contributed by atoms with van der Waals surface area (Å²) in [5, 5.41) is 10.9. The lowest BCUT2D eigenvalue weighted by atomic mass is 9.99. The van der Waals surface area contributed by atoms with Gasteiger partial charge in [-0.25, -0.2) is 4.79 Å². The van der Waals surface area contributed by atoms with Crippen molar-refractivity contribution in [2.75, 3.05) is 0 Å². The molecule has 0 aromatic heterocycles. The molecule has 134 valence electrons. The third-order valence-electron chi connectivity index (χ3n) is 3.94. The standard InChI is InChI=1S/C21H15NO5/c23-19(15-7-3-1-4-8-15)20(16-11-13-18(14-12-16)22(25)26)27-21(24)17-9-5-2-6-10-17/h1-14,20H/t20-/m0/s1. The highest BCUT2D eigenvalue weighted by molar-refractivity contribution is 6.02. The third kappa shape index (κ3) is 4.24. The van der Waals surface area contributed by atoms with Gasteiger partial charge in [0.2, 0.25) is 5.78 Å². The molecule has 0 saturated heterocycles. The Labute approximate surface area is 155 Å². The number of nitrogens with zero attached hydrogens (tertiary/aromatic N) is 1. The van der Waals surface area contributed by atoms with Gasteiger partial charge in [0.25, 0.3) is 5.69 Å². The van der Waals surface area contributed by atoms with E-state index in [0.29, 0.717) is 16.7 Å². The summed E-state index contributed by atoms with van der Waals surface area (Å²) in [6.45, 7) is 0. The molecule has 0 N–H and O–H groups in total. The van der Waals surface area contributed by atoms with Crippen molar-refractivity contribution < 1.29 is 19.2 Å². The van der Waals surface area contributed by atoms with Crippen molar-refractivity contribution in [3.8, 4) is 0 Å². The average Bonchev–Trinajstić information content (AvgIpc) is 2.72. The van der Waals surface area contributed by atoms with Crippen molar-refractivity contribution in [1.29, 1.82) is 0 Å². The minimum atomic E-state index is -1.21. The molecular weight excluding hydrogens is 346 g/mol. The normalized spacial score (nSPS) is 11.4. The molecule has 0 aliphatic heterocycles. The van der Waals surface area contributed by atoms with Crippen LogP contribution in [0.25, 0.3) is 0 Å². The maximum absolute atomic E-state index is 12.9. The zero-order chi connectivity index (χ0) is 19.2. The minimum absolute atomic E-state index is 0.112. The van der Waals surface area contributed by atoms with Crippen LogP contribution in [-0.2, 0) is 4.74 Å². The van der Waals surface area contributed by atoms with Crippen LogP contribution in [0.4, 0.5) is 5.69 Å². The van der Waals surface area contributed by atoms with Crippen LogP contribution in [0.3, 0.4) is 0 Å². The minimum Gasteiger partial charge on any atom is -0.445 e. The number of hydrogen-bond donors (Lipinski definition) is 0. The Morgan fingerprint density at radius 1 is 0.778 bits per heavy atom. The largest absolute Gasteiger partial charge is 0.445 e. The van der Waals surface area contributed by atoms with Crippen molar-refractivity contribution >= 4 is 17.4 Å². The number of carbonyl (C=O) groups is 2. The Morgan fingerprint density at radius 3 is 1.81 bits per heavy atom. The molecule has 0 aliphatic rings. The molecule has 0 amide bonds. The predicted molar refractivity (Wildman–Crippen MR) is 98.5 cm³/mol. The lowest BCUT2D eigenvalue weighted by molar-refractivity contribution is -0.384. The second-order valence-corrected chi connectivity index (χ2v) is 5.73. The quantitative estimate of drug-likeness (QED) is 0.281. The maximum Gasteiger partial charge on any atom is 0.339 e. The maximum atomic E-state index is 12.9. The first kappa shape index (κ1) is 18.0. The first-order valence-electron chi connectivity index (χ1n) is 8.16. The number of benzene rings is 3. The Morgan fingerprint density at radius 2 is 1.30 bits per heavy atom. The second kappa shape index (κ2) is 8.05. The summed E-state index contributed by atoms with van der Waals surface area (Å²) >= 11 is 0. The second-order valence-electron chi connectivity index (χ2n) is 5.73. The summed E-state index contributed by atoms with van der Waals surface area (Å²) in [4.78, 5) is 35.7. The van der Waals surface area contributed by atoms with Gasteiger partial charge in [0.05, 0.1) is 10.5 Å². The Balaban J connectivity index is 1.94. The van der Waals surface area contributed by atoms with E-state index < -0.39 is 22.8 Å². The average molecular weight is 361 g/mol. The van der Waals surface area contributed by atoms with Gasteiger partial charge in [-0.1, -0.05) is 48.5 Å². The van der Waals surface area contributed by atoms with E-state index in [4.69, 9.17) is 4.74 Å². The van der Waals surface area contributed by atoms with Crippen molar-refractivity contribution in [3.63, 3.8) is 0 Å². The molecule has 6 heteroatoms. The molecule has 0 radical (unpaired) electrons. The van der Waals surface area contributed by atoms with Crippen molar-refractivity contribution in [2.24, 2.45) is 0 Å². The van der Waals surface area contributed by atoms with E-state index in [-0.39, 0.29) is 5.69 Å². The van der Waals surface area contributed by atoms with Crippen molar-refractivity contribution in [2.45, 2.75) is 6.10 Å². The van der Waals surface area contributed by atoms with Gasteiger partial charge in [-0.05, 0) is 24.3 Å². The molecule has 6 nitrogen and oxygen atoms in total. The number of hydrogen-bond acceptors (Lipinski definition) is 5. The van der Waals surface area contributed by atoms with Gasteiger partial charge < -0.3 is 4.74 Å². The molecule has 0 saturated carbocycles. The zero-order valence-corrected chi connectivity index (χ0v) is 14.1. The van der Waals surface area contributed by atoms with Gasteiger partial charge >= 0.3 is 5.97 Å². The number of non-ortho nitro benzene ring substituents is 1. The number of esters is 1. The summed E-state index contributed by atoms with van der Waals surface area (Å²) in [5.74, 6) is -1.06. The third-order valence-corrected chi connectivity index (χ3v) is 3.94. The molecule has 3 aromatic rings. The van der Waals surface area contributed by atoms with Crippen LogP contribution >= 0.6 is 0 Å². The topological polar surface area (TPSA) is 86.5 Å². The highest BCUT2D eigenvalue weighted by atomic mass is 16.6. The van der Waals surface area contributed by atoms with E-state index in [2.05, 4.69) is 0 Å². The molecule has 3 rings (SSSR count). The smallest absolute Gasteiger partial charge is 0.339 e. The van der Waals surface area contributed by atoms with Crippen molar-refractivity contribution in [3.05, 3.63) is 112 Å². The van der Waals surface area contributed by atoms with Crippen LogP contribution in [0.1, 0.15) is 32.4 Å². The molecule has 3 aromatic carbocycles. The first-order valence-corrected chi connectivity index (χ1v) is 8.16. The van der Waals surface area contributed by atoms with E-state index >= 15 is 0 Å². The van der Waals surface area contributed by atoms with Crippen LogP contribution in [-0.4, -0.2) is 16.7 Å². The van der Waals surface area contributed by atoms with Gasteiger partial charge in [-0.2, -0.15) is 0 Å². The Kier molecular flexibility index (Phi) is 5.37. The highest BCUT2D eigenvalue weighted by Crippen LogP contribution is 2.26. The van der Waals surface area contributed by atoms with Gasteiger partial charge in [0.1, 0.15) is 0 Å². The van der Waals surface area contributed by atoms with Crippen molar-refractivity contribution in [1.82, 2.24) is 0 Å². The first-order chi connectivity index (χ1) is 13.1. The lowest BCUT2D eigenvalue weighted by Crippen LogP contribution is -2.20. The molecule has 0 spiro atoms. The summed E-state index contributed by atoms with van der Waals surface area (Å²) in [6, 6.07) is 22.1. The van der Waals surface area contributed by atoms with E-state index in [1.54, 1.807) is 60.7 Å². The van der Waals surface area contributed by atoms with Gasteiger partial charge in [-0.15, -0.1) is 0 Å². The Bertz CT molecular complexity index is 953.